The quantitative estimate of drug-likeness (QED) is 0.159. The SMILES string of the molecule is CC(=O)OC[C@@]12CC[C@@]3(C)[C@H]4C(=CC[C@]3(C)C1C(OC(C)=O)C[C@H]2C(C)C)[C@@]1(C)C[C@@H](OC(C)=O)[C@H](OC(C)=O)C(C)(C)C1C[C@@H]4OC(C)=O. The Kier molecular flexibility index (Phi) is 9.92. The monoisotopic (exact) mass is 700 g/mol. The Balaban J connectivity index is 1.71. The Labute approximate surface area is 298 Å². The van der Waals surface area contributed by atoms with Crippen molar-refractivity contribution < 1.29 is 47.7 Å². The van der Waals surface area contributed by atoms with Crippen LogP contribution in [0.3, 0.4) is 0 Å². The molecule has 5 aliphatic rings. The summed E-state index contributed by atoms with van der Waals surface area (Å²) in [4.78, 5) is 62.8. The van der Waals surface area contributed by atoms with Crippen LogP contribution in [0, 0.1) is 56.7 Å². The lowest BCUT2D eigenvalue weighted by atomic mass is 9.35. The van der Waals surface area contributed by atoms with Crippen LogP contribution in [0.25, 0.3) is 0 Å². The number of hydrogen-bond donors (Lipinski definition) is 0. The summed E-state index contributed by atoms with van der Waals surface area (Å²) in [5.41, 5.74) is -1.14. The minimum atomic E-state index is -0.672. The third kappa shape index (κ3) is 5.88. The van der Waals surface area contributed by atoms with E-state index in [-0.39, 0.29) is 60.2 Å². The second-order valence-electron chi connectivity index (χ2n) is 18.0. The van der Waals surface area contributed by atoms with Crippen LogP contribution >= 0.6 is 0 Å². The molecule has 0 N–H and O–H groups in total. The maximum absolute atomic E-state index is 12.9. The minimum absolute atomic E-state index is 0.0665. The molecule has 0 radical (unpaired) electrons. The topological polar surface area (TPSA) is 132 Å². The molecular weight excluding hydrogens is 640 g/mol. The third-order valence-electron chi connectivity index (χ3n) is 14.5. The third-order valence-corrected chi connectivity index (χ3v) is 14.5. The van der Waals surface area contributed by atoms with E-state index in [2.05, 4.69) is 54.5 Å². The predicted octanol–water partition coefficient (Wildman–Crippen LogP) is 6.76. The number of allylic oxidation sites excluding steroid dienone is 1. The van der Waals surface area contributed by atoms with Crippen molar-refractivity contribution in [1.82, 2.24) is 0 Å². The van der Waals surface area contributed by atoms with E-state index in [0.717, 1.165) is 12.8 Å². The van der Waals surface area contributed by atoms with Gasteiger partial charge in [-0.15, -0.1) is 0 Å². The first kappa shape index (κ1) is 38.3. The molecule has 0 aromatic heterocycles. The first-order valence-corrected chi connectivity index (χ1v) is 18.6. The zero-order chi connectivity index (χ0) is 37.4. The Hall–Kier alpha value is -2.91. The molecule has 0 aliphatic heterocycles. The minimum Gasteiger partial charge on any atom is -0.465 e. The van der Waals surface area contributed by atoms with Gasteiger partial charge in [0.1, 0.15) is 24.4 Å². The summed E-state index contributed by atoms with van der Waals surface area (Å²) in [5, 5.41) is 0. The number of carbonyl (C=O) groups is 5. The van der Waals surface area contributed by atoms with E-state index >= 15 is 0 Å². The average Bonchev–Trinajstić information content (AvgIpc) is 3.30. The highest BCUT2D eigenvalue weighted by molar-refractivity contribution is 5.68. The number of esters is 5. The number of hydrogen-bond acceptors (Lipinski definition) is 10. The molecule has 4 fully saturated rings. The van der Waals surface area contributed by atoms with Gasteiger partial charge in [-0.2, -0.15) is 0 Å². The van der Waals surface area contributed by atoms with Crippen LogP contribution in [0.2, 0.25) is 0 Å². The van der Waals surface area contributed by atoms with Gasteiger partial charge in [0.05, 0.1) is 6.61 Å². The van der Waals surface area contributed by atoms with E-state index < -0.39 is 57.3 Å². The summed E-state index contributed by atoms with van der Waals surface area (Å²) in [6.07, 6.45) is 4.16. The molecular formula is C40H60O10. The van der Waals surface area contributed by atoms with Crippen LogP contribution in [0.1, 0.15) is 122 Å². The van der Waals surface area contributed by atoms with Gasteiger partial charge in [-0.1, -0.05) is 60.1 Å². The Morgan fingerprint density at radius 3 is 1.82 bits per heavy atom. The molecule has 0 heterocycles. The van der Waals surface area contributed by atoms with E-state index in [0.29, 0.717) is 25.7 Å². The molecule has 5 aliphatic carbocycles. The van der Waals surface area contributed by atoms with Gasteiger partial charge in [-0.3, -0.25) is 24.0 Å². The number of rotatable bonds is 7. The smallest absolute Gasteiger partial charge is 0.303 e. The van der Waals surface area contributed by atoms with E-state index in [9.17, 15) is 24.0 Å². The maximum atomic E-state index is 12.9. The normalized spacial score (nSPS) is 42.8. The Morgan fingerprint density at radius 2 is 1.28 bits per heavy atom. The zero-order valence-corrected chi connectivity index (χ0v) is 32.3. The summed E-state index contributed by atoms with van der Waals surface area (Å²) in [6, 6.07) is 0. The molecule has 0 amide bonds. The van der Waals surface area contributed by atoms with Gasteiger partial charge in [-0.25, -0.2) is 0 Å². The summed E-state index contributed by atoms with van der Waals surface area (Å²) in [6.45, 7) is 22.8. The van der Waals surface area contributed by atoms with Crippen molar-refractivity contribution in [3.63, 3.8) is 0 Å². The molecule has 12 atom stereocenters. The van der Waals surface area contributed by atoms with E-state index in [1.807, 2.05) is 0 Å². The van der Waals surface area contributed by atoms with Gasteiger partial charge in [-0.05, 0) is 72.5 Å². The first-order chi connectivity index (χ1) is 23.0. The first-order valence-electron chi connectivity index (χ1n) is 18.6. The van der Waals surface area contributed by atoms with Crippen LogP contribution in [0.4, 0.5) is 0 Å². The molecule has 10 heteroatoms. The highest BCUT2D eigenvalue weighted by atomic mass is 16.6. The molecule has 5 rings (SSSR count). The van der Waals surface area contributed by atoms with Crippen LogP contribution in [-0.4, -0.2) is 60.9 Å². The van der Waals surface area contributed by atoms with Crippen LogP contribution in [-0.2, 0) is 47.7 Å². The lowest BCUT2D eigenvalue weighted by molar-refractivity contribution is -0.236. The lowest BCUT2D eigenvalue weighted by Gasteiger charge is -2.70. The van der Waals surface area contributed by atoms with Crippen LogP contribution in [0.5, 0.6) is 0 Å². The van der Waals surface area contributed by atoms with Crippen molar-refractivity contribution in [2.75, 3.05) is 6.61 Å². The molecule has 0 aromatic rings. The van der Waals surface area contributed by atoms with E-state index in [4.69, 9.17) is 23.7 Å². The highest BCUT2D eigenvalue weighted by Crippen LogP contribution is 2.77. The molecule has 10 nitrogen and oxygen atoms in total. The number of ether oxygens (including phenoxy) is 5. The molecule has 280 valence electrons. The summed E-state index contributed by atoms with van der Waals surface area (Å²) in [5.74, 6) is -1.78. The molecule has 0 aromatic carbocycles. The summed E-state index contributed by atoms with van der Waals surface area (Å²) in [7, 11) is 0. The van der Waals surface area contributed by atoms with Gasteiger partial charge in [0.2, 0.25) is 0 Å². The molecule has 0 bridgehead atoms. The highest BCUT2D eigenvalue weighted by Gasteiger charge is 2.74. The van der Waals surface area contributed by atoms with Crippen molar-refractivity contribution >= 4 is 29.8 Å². The number of carbonyl (C=O) groups excluding carboxylic acids is 5. The molecule has 50 heavy (non-hydrogen) atoms. The maximum Gasteiger partial charge on any atom is 0.303 e. The van der Waals surface area contributed by atoms with Gasteiger partial charge < -0.3 is 23.7 Å². The summed E-state index contributed by atoms with van der Waals surface area (Å²) < 4.78 is 30.4. The van der Waals surface area contributed by atoms with Gasteiger partial charge in [0.15, 0.2) is 0 Å². The summed E-state index contributed by atoms with van der Waals surface area (Å²) >= 11 is 0. The molecule has 0 spiro atoms. The van der Waals surface area contributed by atoms with Gasteiger partial charge in [0, 0.05) is 57.3 Å². The Morgan fingerprint density at radius 1 is 0.720 bits per heavy atom. The molecule has 3 unspecified atom stereocenters. The fourth-order valence-electron chi connectivity index (χ4n) is 12.8. The number of fused-ring (bicyclic) bond motifs is 7. The van der Waals surface area contributed by atoms with Gasteiger partial charge >= 0.3 is 29.8 Å². The fraction of sp³-hybridized carbons (Fsp3) is 0.825. The Bertz CT molecular complexity index is 1450. The van der Waals surface area contributed by atoms with E-state index in [1.165, 1.54) is 40.2 Å². The average molecular weight is 701 g/mol. The van der Waals surface area contributed by atoms with Crippen molar-refractivity contribution in [2.24, 2.45) is 56.7 Å². The zero-order valence-electron chi connectivity index (χ0n) is 32.3. The predicted molar refractivity (Wildman–Crippen MR) is 184 cm³/mol. The van der Waals surface area contributed by atoms with Gasteiger partial charge in [0.25, 0.3) is 0 Å². The lowest BCUT2D eigenvalue weighted by Crippen LogP contribution is -2.68. The standard InChI is InChI=1S/C40H60O10/c1-21(2)28-17-30(48-24(5)43)34-39(12)14-13-27-33(38(39,11)15-16-40(28,34)20-46-22(3)41)29(47-23(4)42)18-32-36(8,9)35(50-26(7)45)31(49-25(6)44)19-37(27,32)10/h13,21,28-35H,14-20H2,1-12H3/t28-,29-,30?,31+,32?,33-,34?,35-,37+,38-,39+,40+/m0/s1. The van der Waals surface area contributed by atoms with Crippen molar-refractivity contribution in [3.8, 4) is 0 Å². The second kappa shape index (κ2) is 12.9. The largest absolute Gasteiger partial charge is 0.465 e. The molecule has 0 saturated heterocycles. The van der Waals surface area contributed by atoms with Crippen LogP contribution < -0.4 is 0 Å². The van der Waals surface area contributed by atoms with Crippen molar-refractivity contribution in [3.05, 3.63) is 11.6 Å². The van der Waals surface area contributed by atoms with E-state index in [1.54, 1.807) is 0 Å². The fourth-order valence-corrected chi connectivity index (χ4v) is 12.8. The van der Waals surface area contributed by atoms with Crippen LogP contribution in [0.15, 0.2) is 11.6 Å². The second-order valence-corrected chi connectivity index (χ2v) is 18.0. The molecule has 4 saturated carbocycles. The van der Waals surface area contributed by atoms with Crippen molar-refractivity contribution in [1.29, 1.82) is 0 Å². The van der Waals surface area contributed by atoms with Crippen molar-refractivity contribution in [2.45, 2.75) is 146 Å².